The van der Waals surface area contributed by atoms with E-state index in [0.717, 1.165) is 41.5 Å². The first-order valence-electron chi connectivity index (χ1n) is 11.5. The van der Waals surface area contributed by atoms with Crippen LogP contribution in [0.25, 0.3) is 5.57 Å². The summed E-state index contributed by atoms with van der Waals surface area (Å²) in [6, 6.07) is 23.9. The molecule has 0 N–H and O–H groups in total. The quantitative estimate of drug-likeness (QED) is 0.348. The second kappa shape index (κ2) is 10.2. The van der Waals surface area contributed by atoms with E-state index in [4.69, 9.17) is 0 Å². The molecule has 0 radical (unpaired) electrons. The second-order valence-electron chi connectivity index (χ2n) is 8.51. The molecule has 33 heavy (non-hydrogen) atoms. The van der Waals surface area contributed by atoms with Crippen LogP contribution in [-0.2, 0) is 21.8 Å². The van der Waals surface area contributed by atoms with Crippen molar-refractivity contribution in [2.24, 2.45) is 0 Å². The molecule has 3 aromatic carbocycles. The maximum Gasteiger partial charge on any atom is 0.272 e. The summed E-state index contributed by atoms with van der Waals surface area (Å²) in [5.74, 6) is 0.147. The van der Waals surface area contributed by atoms with Gasteiger partial charge in [0, 0.05) is 5.75 Å². The molecule has 0 atom stereocenters. The summed E-state index contributed by atoms with van der Waals surface area (Å²) in [4.78, 5) is 29.1. The van der Waals surface area contributed by atoms with Gasteiger partial charge in [0.2, 0.25) is 0 Å². The highest BCUT2D eigenvalue weighted by Crippen LogP contribution is 2.40. The summed E-state index contributed by atoms with van der Waals surface area (Å²) in [6.45, 7) is 6.20. The molecule has 0 saturated carbocycles. The Morgan fingerprint density at radius 1 is 0.818 bits per heavy atom. The number of hydrogen-bond donors (Lipinski definition) is 0. The lowest BCUT2D eigenvalue weighted by Crippen LogP contribution is -2.31. The predicted octanol–water partition coefficient (Wildman–Crippen LogP) is 6.86. The van der Waals surface area contributed by atoms with Gasteiger partial charge in [-0.25, -0.2) is 4.90 Å². The molecule has 3 nitrogen and oxygen atoms in total. The number of benzene rings is 3. The SMILES string of the molecule is CCCCc1ccc(N2C(=O)C(SCc3ccccc3)=C(c3ccc(C)cc3C)C2=O)cc1. The molecular weight excluding hydrogens is 426 g/mol. The van der Waals surface area contributed by atoms with Crippen LogP contribution in [-0.4, -0.2) is 11.8 Å². The molecule has 1 heterocycles. The van der Waals surface area contributed by atoms with Crippen LogP contribution in [0.15, 0.2) is 77.7 Å². The molecule has 168 valence electrons. The summed E-state index contributed by atoms with van der Waals surface area (Å²) < 4.78 is 0. The first-order chi connectivity index (χ1) is 16.0. The van der Waals surface area contributed by atoms with Gasteiger partial charge < -0.3 is 0 Å². The zero-order valence-electron chi connectivity index (χ0n) is 19.4. The largest absolute Gasteiger partial charge is 0.272 e. The average molecular weight is 456 g/mol. The van der Waals surface area contributed by atoms with Gasteiger partial charge >= 0.3 is 0 Å². The number of carbonyl (C=O) groups excluding carboxylic acids is 2. The van der Waals surface area contributed by atoms with Gasteiger partial charge in [-0.3, -0.25) is 9.59 Å². The first-order valence-corrected chi connectivity index (χ1v) is 12.4. The number of aryl methyl sites for hydroxylation is 3. The predicted molar refractivity (Wildman–Crippen MR) is 138 cm³/mol. The van der Waals surface area contributed by atoms with Crippen LogP contribution in [0.3, 0.4) is 0 Å². The number of rotatable bonds is 8. The van der Waals surface area contributed by atoms with E-state index in [1.807, 2.05) is 80.6 Å². The fourth-order valence-corrected chi connectivity index (χ4v) is 5.19. The molecule has 0 spiro atoms. The fourth-order valence-electron chi connectivity index (χ4n) is 4.13. The van der Waals surface area contributed by atoms with Crippen LogP contribution in [0.4, 0.5) is 5.69 Å². The van der Waals surface area contributed by atoms with Crippen LogP contribution in [0.2, 0.25) is 0 Å². The van der Waals surface area contributed by atoms with Crippen molar-refractivity contribution in [2.75, 3.05) is 4.90 Å². The number of carbonyl (C=O) groups is 2. The zero-order valence-corrected chi connectivity index (χ0v) is 20.2. The maximum absolute atomic E-state index is 13.7. The zero-order chi connectivity index (χ0) is 23.4. The Hall–Kier alpha value is -3.11. The molecule has 0 unspecified atom stereocenters. The molecule has 0 aliphatic carbocycles. The number of nitrogens with zero attached hydrogens (tertiary/aromatic N) is 1. The minimum atomic E-state index is -0.246. The molecule has 0 aromatic heterocycles. The highest BCUT2D eigenvalue weighted by atomic mass is 32.2. The summed E-state index contributed by atoms with van der Waals surface area (Å²) in [5, 5.41) is 0. The van der Waals surface area contributed by atoms with E-state index in [2.05, 4.69) is 13.0 Å². The van der Waals surface area contributed by atoms with E-state index >= 15 is 0 Å². The Morgan fingerprint density at radius 2 is 1.55 bits per heavy atom. The third kappa shape index (κ3) is 4.96. The second-order valence-corrected chi connectivity index (χ2v) is 9.50. The van der Waals surface area contributed by atoms with Crippen molar-refractivity contribution in [2.45, 2.75) is 45.8 Å². The van der Waals surface area contributed by atoms with E-state index in [-0.39, 0.29) is 11.8 Å². The van der Waals surface area contributed by atoms with Crippen molar-refractivity contribution >= 4 is 34.8 Å². The maximum atomic E-state index is 13.7. The summed E-state index contributed by atoms with van der Waals surface area (Å²) in [7, 11) is 0. The van der Waals surface area contributed by atoms with Gasteiger partial charge in [-0.2, -0.15) is 0 Å². The fraction of sp³-hybridized carbons (Fsp3) is 0.241. The van der Waals surface area contributed by atoms with Crippen LogP contribution in [0, 0.1) is 13.8 Å². The van der Waals surface area contributed by atoms with Crippen LogP contribution in [0.1, 0.15) is 47.6 Å². The van der Waals surface area contributed by atoms with Crippen molar-refractivity contribution < 1.29 is 9.59 Å². The van der Waals surface area contributed by atoms with Gasteiger partial charge in [0.15, 0.2) is 0 Å². The van der Waals surface area contributed by atoms with E-state index in [1.54, 1.807) is 0 Å². The van der Waals surface area contributed by atoms with Crippen molar-refractivity contribution in [1.29, 1.82) is 0 Å². The highest BCUT2D eigenvalue weighted by molar-refractivity contribution is 8.03. The molecule has 0 saturated heterocycles. The van der Waals surface area contributed by atoms with Crippen molar-refractivity contribution in [3.05, 3.63) is 106 Å². The number of amides is 2. The Labute approximate surface area is 200 Å². The van der Waals surface area contributed by atoms with Crippen molar-refractivity contribution in [3.8, 4) is 0 Å². The van der Waals surface area contributed by atoms with Crippen molar-refractivity contribution in [3.63, 3.8) is 0 Å². The Morgan fingerprint density at radius 3 is 2.21 bits per heavy atom. The minimum Gasteiger partial charge on any atom is -0.268 e. The topological polar surface area (TPSA) is 37.4 Å². The molecular formula is C29H29NO2S. The van der Waals surface area contributed by atoms with Gasteiger partial charge in [0.1, 0.15) is 0 Å². The molecule has 1 aliphatic rings. The Bertz CT molecular complexity index is 1200. The lowest BCUT2D eigenvalue weighted by Gasteiger charge is -2.16. The molecule has 1 aliphatic heterocycles. The van der Waals surface area contributed by atoms with E-state index in [1.165, 1.54) is 22.2 Å². The van der Waals surface area contributed by atoms with Crippen LogP contribution < -0.4 is 4.90 Å². The summed E-state index contributed by atoms with van der Waals surface area (Å²) >= 11 is 1.45. The Balaban J connectivity index is 1.70. The summed E-state index contributed by atoms with van der Waals surface area (Å²) in [6.07, 6.45) is 3.26. The van der Waals surface area contributed by atoms with Crippen molar-refractivity contribution in [1.82, 2.24) is 0 Å². The van der Waals surface area contributed by atoms with Gasteiger partial charge in [0.25, 0.3) is 11.8 Å². The molecule has 0 fully saturated rings. The number of imide groups is 1. The molecule has 4 rings (SSSR count). The third-order valence-corrected chi connectivity index (χ3v) is 7.08. The van der Waals surface area contributed by atoms with Gasteiger partial charge in [-0.15, -0.1) is 11.8 Å². The number of thioether (sulfide) groups is 1. The standard InChI is InChI=1S/C29H29NO2S/c1-4-5-9-22-13-15-24(16-14-22)30-28(31)26(25-17-12-20(2)18-21(25)3)27(29(30)32)33-19-23-10-7-6-8-11-23/h6-8,10-18H,4-5,9,19H2,1-3H3. The minimum absolute atomic E-state index is 0.239. The van der Waals surface area contributed by atoms with Gasteiger partial charge in [-0.05, 0) is 61.1 Å². The molecule has 3 aromatic rings. The van der Waals surface area contributed by atoms with Gasteiger partial charge in [-0.1, -0.05) is 79.6 Å². The smallest absolute Gasteiger partial charge is 0.268 e. The van der Waals surface area contributed by atoms with Crippen LogP contribution >= 0.6 is 11.8 Å². The monoisotopic (exact) mass is 455 g/mol. The lowest BCUT2D eigenvalue weighted by molar-refractivity contribution is -0.119. The van der Waals surface area contributed by atoms with E-state index in [0.29, 0.717) is 21.9 Å². The van der Waals surface area contributed by atoms with Gasteiger partial charge in [0.05, 0.1) is 16.2 Å². The molecule has 0 bridgehead atoms. The van der Waals surface area contributed by atoms with Crippen LogP contribution in [0.5, 0.6) is 0 Å². The van der Waals surface area contributed by atoms with E-state index < -0.39 is 0 Å². The first kappa shape index (κ1) is 23.1. The lowest BCUT2D eigenvalue weighted by atomic mass is 9.98. The third-order valence-electron chi connectivity index (χ3n) is 5.93. The Kier molecular flexibility index (Phi) is 7.14. The number of hydrogen-bond acceptors (Lipinski definition) is 3. The normalized spacial score (nSPS) is 13.8. The molecule has 2 amide bonds. The highest BCUT2D eigenvalue weighted by Gasteiger charge is 2.40. The molecule has 4 heteroatoms. The summed E-state index contributed by atoms with van der Waals surface area (Å²) in [5.41, 5.74) is 6.44. The van der Waals surface area contributed by atoms with E-state index in [9.17, 15) is 9.59 Å². The average Bonchev–Trinajstić information content (AvgIpc) is 3.06. The number of anilines is 1. The number of unbranched alkanes of at least 4 members (excludes halogenated alkanes) is 1.